The number of benzene rings is 1. The highest BCUT2D eigenvalue weighted by atomic mass is 19.1. The van der Waals surface area contributed by atoms with Crippen LogP contribution < -0.4 is 16.0 Å². The summed E-state index contributed by atoms with van der Waals surface area (Å²) >= 11 is 0. The number of H-pyrrole nitrogens is 1. The van der Waals surface area contributed by atoms with Gasteiger partial charge < -0.3 is 15.5 Å². The first-order chi connectivity index (χ1) is 8.67. The molecule has 94 valence electrons. The number of aromatic nitrogens is 2. The summed E-state index contributed by atoms with van der Waals surface area (Å²) in [5.41, 5.74) is 5.64. The van der Waals surface area contributed by atoms with Crippen LogP contribution in [-0.4, -0.2) is 9.97 Å². The van der Waals surface area contributed by atoms with Crippen molar-refractivity contribution in [2.75, 3.05) is 0 Å². The van der Waals surface area contributed by atoms with Gasteiger partial charge in [0.1, 0.15) is 24.0 Å². The largest absolute Gasteiger partial charge is 0.486 e. The Hall–Kier alpha value is -2.21. The van der Waals surface area contributed by atoms with Crippen LogP contribution in [0.4, 0.5) is 4.39 Å². The molecule has 1 heterocycles. The molecule has 0 atom stereocenters. The van der Waals surface area contributed by atoms with Crippen LogP contribution in [0, 0.1) is 5.82 Å². The van der Waals surface area contributed by atoms with Crippen molar-refractivity contribution in [3.05, 3.63) is 58.0 Å². The maximum Gasteiger partial charge on any atom is 0.251 e. The lowest BCUT2D eigenvalue weighted by atomic mass is 10.3. The third-order valence-electron chi connectivity index (χ3n) is 2.24. The maximum atomic E-state index is 12.7. The highest BCUT2D eigenvalue weighted by Crippen LogP contribution is 2.12. The fourth-order valence-electron chi connectivity index (χ4n) is 1.42. The van der Waals surface area contributed by atoms with Gasteiger partial charge in [-0.25, -0.2) is 9.37 Å². The Balaban J connectivity index is 2.08. The number of nitrogens with zero attached hydrogens (tertiary/aromatic N) is 1. The summed E-state index contributed by atoms with van der Waals surface area (Å²) in [5, 5.41) is 0. The van der Waals surface area contributed by atoms with Gasteiger partial charge in [0.2, 0.25) is 0 Å². The van der Waals surface area contributed by atoms with E-state index >= 15 is 0 Å². The molecule has 0 fully saturated rings. The van der Waals surface area contributed by atoms with Gasteiger partial charge in [-0.3, -0.25) is 4.79 Å². The zero-order chi connectivity index (χ0) is 13.0. The zero-order valence-electron chi connectivity index (χ0n) is 9.52. The number of nitrogens with two attached hydrogens (primary N) is 1. The van der Waals surface area contributed by atoms with Crippen LogP contribution in [-0.2, 0) is 13.2 Å². The topological polar surface area (TPSA) is 81.0 Å². The van der Waals surface area contributed by atoms with Crippen molar-refractivity contribution in [2.24, 2.45) is 5.73 Å². The monoisotopic (exact) mass is 249 g/mol. The number of hydrogen-bond donors (Lipinski definition) is 2. The summed E-state index contributed by atoms with van der Waals surface area (Å²) in [6, 6.07) is 6.92. The lowest BCUT2D eigenvalue weighted by Crippen LogP contribution is -2.16. The van der Waals surface area contributed by atoms with E-state index in [1.54, 1.807) is 0 Å². The van der Waals surface area contributed by atoms with Gasteiger partial charge in [0, 0.05) is 12.6 Å². The van der Waals surface area contributed by atoms with Crippen LogP contribution in [0.25, 0.3) is 0 Å². The molecule has 0 aliphatic heterocycles. The van der Waals surface area contributed by atoms with Crippen LogP contribution in [0.5, 0.6) is 5.75 Å². The van der Waals surface area contributed by atoms with E-state index < -0.39 is 0 Å². The summed E-state index contributed by atoms with van der Waals surface area (Å²) in [6.07, 6.45) is 0. The first-order valence-electron chi connectivity index (χ1n) is 5.35. The Labute approximate surface area is 102 Å². The molecule has 2 rings (SSSR count). The molecular weight excluding hydrogens is 237 g/mol. The molecule has 6 heteroatoms. The summed E-state index contributed by atoms with van der Waals surface area (Å²) in [6.45, 7) is 0.280. The van der Waals surface area contributed by atoms with Gasteiger partial charge in [-0.05, 0) is 24.3 Å². The molecule has 18 heavy (non-hydrogen) atoms. The van der Waals surface area contributed by atoms with Crippen molar-refractivity contribution in [1.29, 1.82) is 0 Å². The molecule has 5 nitrogen and oxygen atoms in total. The van der Waals surface area contributed by atoms with Crippen molar-refractivity contribution >= 4 is 0 Å². The molecule has 0 saturated heterocycles. The Kier molecular flexibility index (Phi) is 3.69. The lowest BCUT2D eigenvalue weighted by molar-refractivity contribution is 0.294. The van der Waals surface area contributed by atoms with Crippen molar-refractivity contribution in [1.82, 2.24) is 9.97 Å². The van der Waals surface area contributed by atoms with Crippen LogP contribution >= 0.6 is 0 Å². The summed E-state index contributed by atoms with van der Waals surface area (Å²) in [4.78, 5) is 17.9. The van der Waals surface area contributed by atoms with E-state index in [2.05, 4.69) is 9.97 Å². The van der Waals surface area contributed by atoms with E-state index in [-0.39, 0.29) is 24.5 Å². The molecule has 0 unspecified atom stereocenters. The van der Waals surface area contributed by atoms with Crippen LogP contribution in [0.1, 0.15) is 11.5 Å². The highest BCUT2D eigenvalue weighted by molar-refractivity contribution is 5.22. The van der Waals surface area contributed by atoms with Crippen LogP contribution in [0.2, 0.25) is 0 Å². The standard InChI is InChI=1S/C12H12FN3O2/c13-8-1-3-10(4-2-8)18-7-11-15-9(6-14)5-12(17)16-11/h1-5H,6-7,14H2,(H,15,16,17). The van der Waals surface area contributed by atoms with E-state index in [0.29, 0.717) is 17.3 Å². The van der Waals surface area contributed by atoms with Crippen LogP contribution in [0.3, 0.4) is 0 Å². The summed E-state index contributed by atoms with van der Waals surface area (Å²) in [7, 11) is 0. The Morgan fingerprint density at radius 1 is 1.33 bits per heavy atom. The summed E-state index contributed by atoms with van der Waals surface area (Å²) in [5.74, 6) is 0.545. The van der Waals surface area contributed by atoms with E-state index in [1.165, 1.54) is 30.3 Å². The molecule has 0 aliphatic carbocycles. The van der Waals surface area contributed by atoms with Gasteiger partial charge in [0.15, 0.2) is 0 Å². The minimum absolute atomic E-state index is 0.0920. The normalized spacial score (nSPS) is 10.3. The molecular formula is C12H12FN3O2. The van der Waals surface area contributed by atoms with Gasteiger partial charge >= 0.3 is 0 Å². The second kappa shape index (κ2) is 5.42. The van der Waals surface area contributed by atoms with Crippen molar-refractivity contribution in [3.63, 3.8) is 0 Å². The van der Waals surface area contributed by atoms with Gasteiger partial charge in [-0.1, -0.05) is 0 Å². The van der Waals surface area contributed by atoms with Gasteiger partial charge in [0.05, 0.1) is 5.69 Å². The van der Waals surface area contributed by atoms with E-state index in [0.717, 1.165) is 0 Å². The van der Waals surface area contributed by atoms with E-state index in [4.69, 9.17) is 10.5 Å². The zero-order valence-corrected chi connectivity index (χ0v) is 9.52. The first kappa shape index (κ1) is 12.3. The molecule has 0 amide bonds. The molecule has 0 bridgehead atoms. The number of hydrogen-bond acceptors (Lipinski definition) is 4. The SMILES string of the molecule is NCc1cc(=O)[nH]c(COc2ccc(F)cc2)n1. The van der Waals surface area contributed by atoms with E-state index in [1.807, 2.05) is 0 Å². The number of aromatic amines is 1. The average molecular weight is 249 g/mol. The van der Waals surface area contributed by atoms with Gasteiger partial charge in [-0.15, -0.1) is 0 Å². The average Bonchev–Trinajstić information content (AvgIpc) is 2.37. The van der Waals surface area contributed by atoms with Crippen molar-refractivity contribution in [2.45, 2.75) is 13.2 Å². The summed E-state index contributed by atoms with van der Waals surface area (Å²) < 4.78 is 18.0. The Bertz CT molecular complexity index is 581. The minimum Gasteiger partial charge on any atom is -0.486 e. The molecule has 0 radical (unpaired) electrons. The lowest BCUT2D eigenvalue weighted by Gasteiger charge is -2.06. The maximum absolute atomic E-state index is 12.7. The number of ether oxygens (including phenoxy) is 1. The third-order valence-corrected chi connectivity index (χ3v) is 2.24. The number of halogens is 1. The van der Waals surface area contributed by atoms with Crippen molar-refractivity contribution < 1.29 is 9.13 Å². The molecule has 0 aliphatic rings. The molecule has 3 N–H and O–H groups in total. The Morgan fingerprint density at radius 3 is 2.72 bits per heavy atom. The molecule has 0 spiro atoms. The van der Waals surface area contributed by atoms with Gasteiger partial charge in [0.25, 0.3) is 5.56 Å². The fraction of sp³-hybridized carbons (Fsp3) is 0.167. The second-order valence-electron chi connectivity index (χ2n) is 3.63. The predicted octanol–water partition coefficient (Wildman–Crippen LogP) is 0.947. The fourth-order valence-corrected chi connectivity index (χ4v) is 1.42. The Morgan fingerprint density at radius 2 is 2.06 bits per heavy atom. The minimum atomic E-state index is -0.334. The van der Waals surface area contributed by atoms with Crippen molar-refractivity contribution in [3.8, 4) is 5.75 Å². The molecule has 0 saturated carbocycles. The third kappa shape index (κ3) is 3.14. The molecule has 1 aromatic carbocycles. The quantitative estimate of drug-likeness (QED) is 0.845. The van der Waals surface area contributed by atoms with Gasteiger partial charge in [-0.2, -0.15) is 0 Å². The number of rotatable bonds is 4. The smallest absolute Gasteiger partial charge is 0.251 e. The number of nitrogens with one attached hydrogen (secondary N) is 1. The predicted molar refractivity (Wildman–Crippen MR) is 63.5 cm³/mol. The second-order valence-corrected chi connectivity index (χ2v) is 3.63. The molecule has 2 aromatic rings. The molecule has 1 aromatic heterocycles. The first-order valence-corrected chi connectivity index (χ1v) is 5.35. The van der Waals surface area contributed by atoms with Crippen LogP contribution in [0.15, 0.2) is 35.1 Å². The van der Waals surface area contributed by atoms with E-state index in [9.17, 15) is 9.18 Å². The highest BCUT2D eigenvalue weighted by Gasteiger charge is 2.01.